The van der Waals surface area contributed by atoms with E-state index < -0.39 is 0 Å². The molecule has 134 valence electrons. The van der Waals surface area contributed by atoms with Crippen LogP contribution < -0.4 is 10.6 Å². The summed E-state index contributed by atoms with van der Waals surface area (Å²) in [4.78, 5) is 15.5. The molecule has 0 aliphatic carbocycles. The number of hydrogen-bond donors (Lipinski definition) is 2. The maximum absolute atomic E-state index is 12.3. The summed E-state index contributed by atoms with van der Waals surface area (Å²) in [5, 5.41) is 6.47. The Hall–Kier alpha value is -1.69. The highest BCUT2D eigenvalue weighted by Gasteiger charge is 2.16. The summed E-state index contributed by atoms with van der Waals surface area (Å²) in [6.07, 6.45) is 3.10. The van der Waals surface area contributed by atoms with Gasteiger partial charge in [-0.1, -0.05) is 30.3 Å². The summed E-state index contributed by atoms with van der Waals surface area (Å²) in [6, 6.07) is 14.3. The number of halogens is 1. The lowest BCUT2D eigenvalue weighted by Crippen LogP contribution is -2.30. The highest BCUT2D eigenvalue weighted by atomic mass is 35.5. The first-order chi connectivity index (χ1) is 11.7. The molecule has 0 aromatic heterocycles. The Morgan fingerprint density at radius 1 is 1.24 bits per heavy atom. The Labute approximate surface area is 159 Å². The van der Waals surface area contributed by atoms with E-state index in [0.29, 0.717) is 6.54 Å². The van der Waals surface area contributed by atoms with Crippen molar-refractivity contribution in [3.8, 4) is 0 Å². The van der Waals surface area contributed by atoms with Crippen LogP contribution in [0.25, 0.3) is 0 Å². The highest BCUT2D eigenvalue weighted by molar-refractivity contribution is 7.98. The van der Waals surface area contributed by atoms with Gasteiger partial charge in [-0.25, -0.2) is 0 Å². The maximum atomic E-state index is 12.3. The smallest absolute Gasteiger partial charge is 0.238 e. The van der Waals surface area contributed by atoms with Crippen LogP contribution in [-0.4, -0.2) is 37.2 Å². The van der Waals surface area contributed by atoms with E-state index in [2.05, 4.69) is 28.8 Å². The number of fused-ring (bicyclic) bond motifs is 1. The SMILES string of the molecule is CSc1ccccc1NC(=O)CN(C)Cc1cccc2c1NCC2.Cl. The Kier molecular flexibility index (Phi) is 7.17. The van der Waals surface area contributed by atoms with E-state index in [0.717, 1.165) is 30.1 Å². The molecule has 3 rings (SSSR count). The number of nitrogens with one attached hydrogen (secondary N) is 2. The molecule has 0 radical (unpaired) electrons. The minimum Gasteiger partial charge on any atom is -0.384 e. The summed E-state index contributed by atoms with van der Waals surface area (Å²) < 4.78 is 0. The number of likely N-dealkylation sites (N-methyl/N-ethyl adjacent to an activating group) is 1. The van der Waals surface area contributed by atoms with Crippen molar-refractivity contribution in [3.05, 3.63) is 53.6 Å². The van der Waals surface area contributed by atoms with E-state index in [4.69, 9.17) is 0 Å². The Balaban J connectivity index is 0.00000225. The zero-order valence-electron chi connectivity index (χ0n) is 14.5. The van der Waals surface area contributed by atoms with Crippen LogP contribution in [0.5, 0.6) is 0 Å². The molecule has 2 N–H and O–H groups in total. The number of rotatable bonds is 6. The molecular formula is C19H24ClN3OS. The predicted molar refractivity (Wildman–Crippen MR) is 109 cm³/mol. The van der Waals surface area contributed by atoms with E-state index in [1.165, 1.54) is 16.8 Å². The summed E-state index contributed by atoms with van der Waals surface area (Å²) in [6.45, 7) is 2.13. The Morgan fingerprint density at radius 3 is 2.84 bits per heavy atom. The molecule has 6 heteroatoms. The Bertz CT molecular complexity index is 738. The molecule has 1 aliphatic heterocycles. The van der Waals surface area contributed by atoms with Crippen molar-refractivity contribution in [3.63, 3.8) is 0 Å². The maximum Gasteiger partial charge on any atom is 0.238 e. The van der Waals surface area contributed by atoms with Gasteiger partial charge >= 0.3 is 0 Å². The molecule has 1 aliphatic rings. The highest BCUT2D eigenvalue weighted by Crippen LogP contribution is 2.27. The molecule has 4 nitrogen and oxygen atoms in total. The van der Waals surface area contributed by atoms with Gasteiger partial charge in [0.2, 0.25) is 5.91 Å². The van der Waals surface area contributed by atoms with Gasteiger partial charge in [0.15, 0.2) is 0 Å². The van der Waals surface area contributed by atoms with Crippen LogP contribution in [0.1, 0.15) is 11.1 Å². The summed E-state index contributed by atoms with van der Waals surface area (Å²) in [5.74, 6) is 0.0135. The van der Waals surface area contributed by atoms with Gasteiger partial charge in [-0.05, 0) is 43.0 Å². The fourth-order valence-corrected chi connectivity index (χ4v) is 3.63. The number of benzene rings is 2. The third-order valence-electron chi connectivity index (χ3n) is 4.17. The summed E-state index contributed by atoms with van der Waals surface area (Å²) in [5.41, 5.74) is 4.76. The molecule has 0 atom stereocenters. The molecule has 0 bridgehead atoms. The zero-order valence-corrected chi connectivity index (χ0v) is 16.2. The molecule has 2 aromatic carbocycles. The van der Waals surface area contributed by atoms with Gasteiger partial charge < -0.3 is 10.6 Å². The van der Waals surface area contributed by atoms with E-state index in [-0.39, 0.29) is 18.3 Å². The molecule has 0 fully saturated rings. The van der Waals surface area contributed by atoms with Crippen LogP contribution in [0.4, 0.5) is 11.4 Å². The van der Waals surface area contributed by atoms with Crippen molar-refractivity contribution < 1.29 is 4.79 Å². The molecule has 0 spiro atoms. The van der Waals surface area contributed by atoms with Crippen LogP contribution in [0, 0.1) is 0 Å². The third-order valence-corrected chi connectivity index (χ3v) is 4.96. The van der Waals surface area contributed by atoms with E-state index >= 15 is 0 Å². The first kappa shape index (κ1) is 19.6. The lowest BCUT2D eigenvalue weighted by molar-refractivity contribution is -0.117. The minimum absolute atomic E-state index is 0. The molecule has 1 amide bonds. The van der Waals surface area contributed by atoms with Gasteiger partial charge in [-0.15, -0.1) is 24.2 Å². The number of anilines is 2. The standard InChI is InChI=1S/C19H23N3OS.ClH/c1-22(12-15-7-5-6-14-10-11-20-19(14)15)13-18(23)21-16-8-3-4-9-17(16)24-2;/h3-9,20H,10-13H2,1-2H3,(H,21,23);1H. The first-order valence-electron chi connectivity index (χ1n) is 8.13. The molecule has 2 aromatic rings. The Morgan fingerprint density at radius 2 is 2.04 bits per heavy atom. The molecule has 25 heavy (non-hydrogen) atoms. The van der Waals surface area contributed by atoms with Crippen molar-refractivity contribution in [2.24, 2.45) is 0 Å². The third kappa shape index (κ3) is 4.91. The molecule has 0 unspecified atom stereocenters. The number of nitrogens with zero attached hydrogens (tertiary/aromatic N) is 1. The molecule has 0 saturated heterocycles. The topological polar surface area (TPSA) is 44.4 Å². The van der Waals surface area contributed by atoms with Crippen LogP contribution in [0.3, 0.4) is 0 Å². The lowest BCUT2D eigenvalue weighted by Gasteiger charge is -2.19. The summed E-state index contributed by atoms with van der Waals surface area (Å²) >= 11 is 1.64. The van der Waals surface area contributed by atoms with Crippen molar-refractivity contribution >= 4 is 41.5 Å². The number of amides is 1. The van der Waals surface area contributed by atoms with E-state index in [9.17, 15) is 4.79 Å². The molecule has 1 heterocycles. The van der Waals surface area contributed by atoms with Gasteiger partial charge in [0.25, 0.3) is 0 Å². The average molecular weight is 378 g/mol. The second-order valence-electron chi connectivity index (χ2n) is 6.05. The minimum atomic E-state index is 0. The quantitative estimate of drug-likeness (QED) is 0.750. The van der Waals surface area contributed by atoms with E-state index in [1.807, 2.05) is 42.5 Å². The number of carbonyl (C=O) groups is 1. The van der Waals surface area contributed by atoms with Gasteiger partial charge in [-0.3, -0.25) is 9.69 Å². The average Bonchev–Trinajstić information content (AvgIpc) is 3.05. The molecular weight excluding hydrogens is 354 g/mol. The second kappa shape index (κ2) is 9.13. The van der Waals surface area contributed by atoms with Crippen LogP contribution in [0.2, 0.25) is 0 Å². The zero-order chi connectivity index (χ0) is 16.9. The monoisotopic (exact) mass is 377 g/mol. The summed E-state index contributed by atoms with van der Waals surface area (Å²) in [7, 11) is 1.98. The van der Waals surface area contributed by atoms with Crippen molar-refractivity contribution in [1.29, 1.82) is 0 Å². The van der Waals surface area contributed by atoms with Gasteiger partial charge in [0, 0.05) is 23.7 Å². The van der Waals surface area contributed by atoms with Crippen LogP contribution in [-0.2, 0) is 17.8 Å². The number of para-hydroxylation sites is 2. The van der Waals surface area contributed by atoms with Crippen molar-refractivity contribution in [2.75, 3.05) is 37.0 Å². The fourth-order valence-electron chi connectivity index (χ4n) is 3.07. The van der Waals surface area contributed by atoms with Gasteiger partial charge in [-0.2, -0.15) is 0 Å². The number of thioether (sulfide) groups is 1. The van der Waals surface area contributed by atoms with E-state index in [1.54, 1.807) is 11.8 Å². The first-order valence-corrected chi connectivity index (χ1v) is 9.36. The fraction of sp³-hybridized carbons (Fsp3) is 0.316. The number of carbonyl (C=O) groups excluding carboxylic acids is 1. The number of hydrogen-bond acceptors (Lipinski definition) is 4. The molecule has 0 saturated carbocycles. The lowest BCUT2D eigenvalue weighted by atomic mass is 10.1. The van der Waals surface area contributed by atoms with Crippen molar-refractivity contribution in [2.45, 2.75) is 17.9 Å². The van der Waals surface area contributed by atoms with Gasteiger partial charge in [0.1, 0.15) is 0 Å². The van der Waals surface area contributed by atoms with Crippen molar-refractivity contribution in [1.82, 2.24) is 4.90 Å². The normalized spacial score (nSPS) is 12.3. The van der Waals surface area contributed by atoms with Crippen LogP contribution in [0.15, 0.2) is 47.4 Å². The van der Waals surface area contributed by atoms with Crippen LogP contribution >= 0.6 is 24.2 Å². The largest absolute Gasteiger partial charge is 0.384 e. The second-order valence-corrected chi connectivity index (χ2v) is 6.90. The van der Waals surface area contributed by atoms with Gasteiger partial charge in [0.05, 0.1) is 12.2 Å². The predicted octanol–water partition coefficient (Wildman–Crippen LogP) is 3.87.